The van der Waals surface area contributed by atoms with Crippen LogP contribution < -0.4 is 0 Å². The van der Waals surface area contributed by atoms with Crippen molar-refractivity contribution in [3.8, 4) is 0 Å². The number of likely N-dealkylation sites (tertiary alicyclic amines) is 1. The summed E-state index contributed by atoms with van der Waals surface area (Å²) >= 11 is 0. The fourth-order valence-corrected chi connectivity index (χ4v) is 6.93. The summed E-state index contributed by atoms with van der Waals surface area (Å²) in [5.41, 5.74) is 0. The highest BCUT2D eigenvalue weighted by Gasteiger charge is 2.40. The van der Waals surface area contributed by atoms with Crippen molar-refractivity contribution < 1.29 is 16.8 Å². The van der Waals surface area contributed by atoms with E-state index in [2.05, 4.69) is 0 Å². The molecule has 0 aliphatic carbocycles. The van der Waals surface area contributed by atoms with Crippen LogP contribution in [0.4, 0.5) is 0 Å². The smallest absolute Gasteiger partial charge is 0.231 e. The predicted molar refractivity (Wildman–Crippen MR) is 83.3 cm³/mol. The second kappa shape index (κ2) is 6.93. The molecule has 0 radical (unpaired) electrons. The molecule has 2 rings (SSSR count). The fourth-order valence-electron chi connectivity index (χ4n) is 3.04. The van der Waals surface area contributed by atoms with Gasteiger partial charge in [0.05, 0.1) is 5.75 Å². The molecule has 124 valence electrons. The molecular formula is C13H26N2O4S2. The third kappa shape index (κ3) is 4.18. The van der Waals surface area contributed by atoms with Gasteiger partial charge in [0.15, 0.2) is 9.84 Å². The summed E-state index contributed by atoms with van der Waals surface area (Å²) in [6, 6.07) is 0. The Morgan fingerprint density at radius 1 is 0.857 bits per heavy atom. The van der Waals surface area contributed by atoms with E-state index in [0.717, 1.165) is 32.1 Å². The van der Waals surface area contributed by atoms with E-state index in [4.69, 9.17) is 0 Å². The van der Waals surface area contributed by atoms with Crippen molar-refractivity contribution in [2.45, 2.75) is 44.4 Å². The topological polar surface area (TPSA) is 74.8 Å². The number of hydrogen-bond donors (Lipinski definition) is 0. The summed E-state index contributed by atoms with van der Waals surface area (Å²) in [6.45, 7) is 3.98. The third-order valence-corrected chi connectivity index (χ3v) is 8.55. The standard InChI is InChI=1S/C13H26N2O4S2/c1-2-20(16,17)12-13(14-8-6-7-9-14)21(18,19)15-10-4-3-5-11-15/h13H,2-12H2,1H3. The van der Waals surface area contributed by atoms with Crippen molar-refractivity contribution in [2.24, 2.45) is 0 Å². The number of rotatable bonds is 6. The van der Waals surface area contributed by atoms with Gasteiger partial charge in [-0.05, 0) is 38.8 Å². The zero-order chi connectivity index (χ0) is 15.5. The average Bonchev–Trinajstić information content (AvgIpc) is 2.99. The van der Waals surface area contributed by atoms with Crippen LogP contribution in [0.1, 0.15) is 39.0 Å². The Morgan fingerprint density at radius 3 is 1.90 bits per heavy atom. The summed E-state index contributed by atoms with van der Waals surface area (Å²) in [4.78, 5) is 1.84. The van der Waals surface area contributed by atoms with Gasteiger partial charge in [-0.1, -0.05) is 13.3 Å². The van der Waals surface area contributed by atoms with Crippen molar-refractivity contribution in [3.63, 3.8) is 0 Å². The lowest BCUT2D eigenvalue weighted by atomic mass is 10.2. The van der Waals surface area contributed by atoms with E-state index >= 15 is 0 Å². The highest BCUT2D eigenvalue weighted by atomic mass is 32.2. The molecular weight excluding hydrogens is 312 g/mol. The Bertz CT molecular complexity index is 533. The van der Waals surface area contributed by atoms with E-state index in [-0.39, 0.29) is 11.5 Å². The molecule has 0 aromatic rings. The molecule has 2 fully saturated rings. The molecule has 2 aliphatic rings. The first kappa shape index (κ1) is 17.2. The number of nitrogens with zero attached hydrogens (tertiary/aromatic N) is 2. The van der Waals surface area contributed by atoms with E-state index in [1.54, 1.807) is 6.92 Å². The average molecular weight is 338 g/mol. The van der Waals surface area contributed by atoms with Crippen LogP contribution in [-0.2, 0) is 19.9 Å². The Morgan fingerprint density at radius 2 is 1.38 bits per heavy atom. The lowest BCUT2D eigenvalue weighted by Gasteiger charge is -2.34. The minimum atomic E-state index is -3.57. The zero-order valence-corrected chi connectivity index (χ0v) is 14.3. The second-order valence-electron chi connectivity index (χ2n) is 5.90. The Hall–Kier alpha value is -0.180. The molecule has 0 aromatic heterocycles. The lowest BCUT2D eigenvalue weighted by molar-refractivity contribution is 0.286. The summed E-state index contributed by atoms with van der Waals surface area (Å²) in [5.74, 6) is -0.283. The summed E-state index contributed by atoms with van der Waals surface area (Å²) in [6.07, 6.45) is 4.67. The quantitative estimate of drug-likeness (QED) is 0.711. The lowest BCUT2D eigenvalue weighted by Crippen LogP contribution is -2.51. The third-order valence-electron chi connectivity index (χ3n) is 4.40. The normalized spacial score (nSPS) is 24.2. The molecule has 0 amide bonds. The van der Waals surface area contributed by atoms with Crippen LogP contribution in [-0.4, -0.2) is 69.1 Å². The number of sulfonamides is 1. The first-order valence-electron chi connectivity index (χ1n) is 7.80. The number of hydrogen-bond acceptors (Lipinski definition) is 5. The summed E-state index contributed by atoms with van der Waals surface area (Å²) in [7, 11) is -6.90. The molecule has 1 unspecified atom stereocenters. The van der Waals surface area contributed by atoms with E-state index < -0.39 is 25.2 Å². The maximum Gasteiger partial charge on any atom is 0.231 e. The molecule has 8 heteroatoms. The van der Waals surface area contributed by atoms with Crippen LogP contribution >= 0.6 is 0 Å². The van der Waals surface area contributed by atoms with Crippen molar-refractivity contribution >= 4 is 19.9 Å². The minimum Gasteiger partial charge on any atom is -0.285 e. The van der Waals surface area contributed by atoms with Crippen LogP contribution in [0.15, 0.2) is 0 Å². The van der Waals surface area contributed by atoms with Gasteiger partial charge in [0.2, 0.25) is 10.0 Å². The van der Waals surface area contributed by atoms with Gasteiger partial charge >= 0.3 is 0 Å². The number of piperidine rings is 1. The van der Waals surface area contributed by atoms with Crippen LogP contribution in [0.5, 0.6) is 0 Å². The Balaban J connectivity index is 2.24. The Labute approximate surface area is 128 Å². The molecule has 2 heterocycles. The molecule has 21 heavy (non-hydrogen) atoms. The van der Waals surface area contributed by atoms with E-state index in [9.17, 15) is 16.8 Å². The first-order valence-corrected chi connectivity index (χ1v) is 11.1. The second-order valence-corrected chi connectivity index (χ2v) is 10.4. The Kier molecular flexibility index (Phi) is 5.67. The fraction of sp³-hybridized carbons (Fsp3) is 1.00. The largest absolute Gasteiger partial charge is 0.285 e. The SMILES string of the molecule is CCS(=O)(=O)CC(N1CCCC1)S(=O)(=O)N1CCCCC1. The van der Waals surface area contributed by atoms with Gasteiger partial charge in [-0.25, -0.2) is 21.1 Å². The molecule has 2 saturated heterocycles. The van der Waals surface area contributed by atoms with Gasteiger partial charge in [0, 0.05) is 18.8 Å². The van der Waals surface area contributed by atoms with Crippen molar-refractivity contribution in [1.29, 1.82) is 0 Å². The number of sulfone groups is 1. The van der Waals surface area contributed by atoms with Gasteiger partial charge in [0.1, 0.15) is 5.37 Å². The van der Waals surface area contributed by atoms with Crippen LogP contribution in [0.2, 0.25) is 0 Å². The van der Waals surface area contributed by atoms with Crippen molar-refractivity contribution in [3.05, 3.63) is 0 Å². The molecule has 0 N–H and O–H groups in total. The predicted octanol–water partition coefficient (Wildman–Crippen LogP) is 0.659. The van der Waals surface area contributed by atoms with Gasteiger partial charge in [-0.15, -0.1) is 0 Å². The molecule has 0 saturated carbocycles. The van der Waals surface area contributed by atoms with Gasteiger partial charge in [0.25, 0.3) is 0 Å². The summed E-state index contributed by atoms with van der Waals surface area (Å²) in [5, 5.41) is -0.900. The van der Waals surface area contributed by atoms with Gasteiger partial charge < -0.3 is 0 Å². The van der Waals surface area contributed by atoms with E-state index in [1.807, 2.05) is 4.90 Å². The van der Waals surface area contributed by atoms with Crippen molar-refractivity contribution in [1.82, 2.24) is 9.21 Å². The molecule has 1 atom stereocenters. The maximum absolute atomic E-state index is 12.9. The van der Waals surface area contributed by atoms with E-state index in [1.165, 1.54) is 4.31 Å². The van der Waals surface area contributed by atoms with Crippen LogP contribution in [0, 0.1) is 0 Å². The molecule has 0 bridgehead atoms. The first-order chi connectivity index (χ1) is 9.87. The molecule has 2 aliphatic heterocycles. The van der Waals surface area contributed by atoms with Crippen LogP contribution in [0.3, 0.4) is 0 Å². The van der Waals surface area contributed by atoms with Gasteiger partial charge in [-0.3, -0.25) is 4.90 Å². The van der Waals surface area contributed by atoms with Gasteiger partial charge in [-0.2, -0.15) is 0 Å². The van der Waals surface area contributed by atoms with Crippen molar-refractivity contribution in [2.75, 3.05) is 37.7 Å². The molecule has 6 nitrogen and oxygen atoms in total. The maximum atomic E-state index is 12.9. The molecule has 0 aromatic carbocycles. The highest BCUT2D eigenvalue weighted by Crippen LogP contribution is 2.23. The monoisotopic (exact) mass is 338 g/mol. The summed E-state index contributed by atoms with van der Waals surface area (Å²) < 4.78 is 51.2. The van der Waals surface area contributed by atoms with E-state index in [0.29, 0.717) is 26.2 Å². The molecule has 0 spiro atoms. The minimum absolute atomic E-state index is 0.00708. The highest BCUT2D eigenvalue weighted by molar-refractivity contribution is 7.94. The zero-order valence-electron chi connectivity index (χ0n) is 12.7. The van der Waals surface area contributed by atoms with Crippen LogP contribution in [0.25, 0.3) is 0 Å².